The number of hydrogen-bond donors (Lipinski definition) is 2. The Balaban J connectivity index is 1.55. The van der Waals surface area contributed by atoms with Crippen LogP contribution >= 0.6 is 58.0 Å². The molecule has 4 nitrogen and oxygen atoms in total. The summed E-state index contributed by atoms with van der Waals surface area (Å²) in [7, 11) is 0. The van der Waals surface area contributed by atoms with Gasteiger partial charge in [0.05, 0.1) is 16.0 Å². The zero-order valence-corrected chi connectivity index (χ0v) is 22.8. The summed E-state index contributed by atoms with van der Waals surface area (Å²) >= 11 is 31.7. The highest BCUT2D eigenvalue weighted by molar-refractivity contribution is 6.54. The molecule has 2 atom stereocenters. The lowest BCUT2D eigenvalue weighted by molar-refractivity contribution is -0.112. The summed E-state index contributed by atoms with van der Waals surface area (Å²) in [5, 5.41) is 6.97. The van der Waals surface area contributed by atoms with E-state index in [1.807, 2.05) is 0 Å². The molecule has 4 rings (SSSR count). The van der Waals surface area contributed by atoms with E-state index in [1.54, 1.807) is 50.2 Å². The van der Waals surface area contributed by atoms with Gasteiger partial charge in [0, 0.05) is 33.9 Å². The summed E-state index contributed by atoms with van der Waals surface area (Å²) in [6.45, 7) is 3.49. The molecule has 0 saturated heterocycles. The van der Waals surface area contributed by atoms with Crippen molar-refractivity contribution in [2.75, 3.05) is 17.2 Å². The number of hydrogen-bond acceptors (Lipinski definition) is 3. The Morgan fingerprint density at radius 2 is 1.61 bits per heavy atom. The normalized spacial score (nSPS) is 20.1. The number of rotatable bonds is 7. The molecule has 188 valence electrons. The van der Waals surface area contributed by atoms with Gasteiger partial charge in [0.1, 0.15) is 16.4 Å². The minimum absolute atomic E-state index is 0.0805. The number of nitrogens with one attached hydrogen (secondary N) is 2. The van der Waals surface area contributed by atoms with Gasteiger partial charge in [-0.2, -0.15) is 0 Å². The summed E-state index contributed by atoms with van der Waals surface area (Å²) in [4.78, 5) is 25.2. The van der Waals surface area contributed by atoms with Gasteiger partial charge in [0.25, 0.3) is 5.91 Å². The molecule has 1 aliphatic carbocycles. The Morgan fingerprint density at radius 3 is 2.19 bits per heavy atom. The van der Waals surface area contributed by atoms with E-state index in [4.69, 9.17) is 58.0 Å². The monoisotopic (exact) mass is 586 g/mol. The number of aldehydes is 1. The summed E-state index contributed by atoms with van der Waals surface area (Å²) < 4.78 is 12.2. The Hall–Kier alpha value is -2.02. The van der Waals surface area contributed by atoms with Crippen LogP contribution in [0.25, 0.3) is 0 Å². The van der Waals surface area contributed by atoms with E-state index in [0.717, 1.165) is 6.29 Å². The number of halogens is 6. The number of carbonyl (C=O) groups is 2. The molecule has 0 radical (unpaired) electrons. The van der Waals surface area contributed by atoms with Crippen molar-refractivity contribution in [1.29, 1.82) is 0 Å². The highest BCUT2D eigenvalue weighted by Gasteiger charge is 2.76. The molecule has 1 aliphatic rings. The van der Waals surface area contributed by atoms with Crippen LogP contribution in [0, 0.1) is 25.1 Å². The van der Waals surface area contributed by atoms with Crippen LogP contribution in [0.15, 0.2) is 48.5 Å². The lowest BCUT2D eigenvalue weighted by Gasteiger charge is -2.16. The molecule has 0 bridgehead atoms. The summed E-state index contributed by atoms with van der Waals surface area (Å²) in [5.41, 5.74) is 1.88. The molecule has 36 heavy (non-hydrogen) atoms. The van der Waals surface area contributed by atoms with Gasteiger partial charge >= 0.3 is 0 Å². The topological polar surface area (TPSA) is 58.2 Å². The highest BCUT2D eigenvalue weighted by Crippen LogP contribution is 2.73. The smallest absolute Gasteiger partial charge is 0.257 e. The fourth-order valence-corrected chi connectivity index (χ4v) is 6.20. The van der Waals surface area contributed by atoms with Crippen molar-refractivity contribution >= 4 is 81.6 Å². The van der Waals surface area contributed by atoms with Crippen LogP contribution in [0.5, 0.6) is 0 Å². The highest BCUT2D eigenvalue weighted by atomic mass is 35.5. The second kappa shape index (κ2) is 10.0. The quantitative estimate of drug-likeness (QED) is 0.216. The van der Waals surface area contributed by atoms with Crippen molar-refractivity contribution in [1.82, 2.24) is 0 Å². The fourth-order valence-electron chi connectivity index (χ4n) is 4.48. The summed E-state index contributed by atoms with van der Waals surface area (Å²) in [6.07, 6.45) is 0.725. The van der Waals surface area contributed by atoms with Crippen molar-refractivity contribution in [3.63, 3.8) is 0 Å². The first-order chi connectivity index (χ1) is 16.9. The van der Waals surface area contributed by atoms with Crippen LogP contribution < -0.4 is 10.6 Å². The molecule has 3 aromatic carbocycles. The van der Waals surface area contributed by atoms with Gasteiger partial charge < -0.3 is 15.4 Å². The van der Waals surface area contributed by atoms with E-state index < -0.39 is 21.6 Å². The van der Waals surface area contributed by atoms with Crippen LogP contribution in [-0.4, -0.2) is 23.1 Å². The van der Waals surface area contributed by atoms with Gasteiger partial charge in [-0.1, -0.05) is 58.0 Å². The first kappa shape index (κ1) is 27.0. The van der Waals surface area contributed by atoms with Crippen LogP contribution in [0.1, 0.15) is 33.0 Å². The van der Waals surface area contributed by atoms with E-state index in [-0.39, 0.29) is 22.9 Å². The Kier molecular flexibility index (Phi) is 7.53. The SMILES string of the molecule is Cc1cc(F)cc(C)c1NC(=O)c1cc(NCC2(C=O)C(c3cc(Cl)cc(Cl)c3)C2(Cl)Cl)ccc1Cl. The maximum atomic E-state index is 13.6. The zero-order valence-electron chi connectivity index (χ0n) is 19.1. The van der Waals surface area contributed by atoms with Crippen molar-refractivity contribution in [2.24, 2.45) is 5.41 Å². The molecular formula is C26H20Cl5FN2O2. The molecule has 2 unspecified atom stereocenters. The molecule has 1 saturated carbocycles. The van der Waals surface area contributed by atoms with Crippen LogP contribution in [-0.2, 0) is 4.79 Å². The Bertz CT molecular complexity index is 1340. The minimum atomic E-state index is -1.39. The van der Waals surface area contributed by atoms with Crippen LogP contribution in [0.4, 0.5) is 15.8 Å². The van der Waals surface area contributed by atoms with Crippen molar-refractivity contribution < 1.29 is 14.0 Å². The first-order valence-corrected chi connectivity index (χ1v) is 12.7. The Morgan fingerprint density at radius 1 is 1.00 bits per heavy atom. The van der Waals surface area contributed by atoms with Crippen molar-refractivity contribution in [3.05, 3.63) is 91.7 Å². The second-order valence-corrected chi connectivity index (χ2v) is 11.5. The van der Waals surface area contributed by atoms with Gasteiger partial charge in [-0.25, -0.2) is 4.39 Å². The molecule has 3 aromatic rings. The number of aryl methyl sites for hydroxylation is 2. The predicted octanol–water partition coefficient (Wildman–Crippen LogP) is 8.22. The first-order valence-electron chi connectivity index (χ1n) is 10.8. The number of alkyl halides is 2. The fraction of sp³-hybridized carbons (Fsp3) is 0.231. The van der Waals surface area contributed by atoms with Gasteiger partial charge in [0.15, 0.2) is 0 Å². The molecule has 10 heteroatoms. The third kappa shape index (κ3) is 4.92. The average Bonchev–Trinajstić information content (AvgIpc) is 3.29. The predicted molar refractivity (Wildman–Crippen MR) is 146 cm³/mol. The molecule has 0 aliphatic heterocycles. The molecule has 0 heterocycles. The molecule has 2 N–H and O–H groups in total. The summed E-state index contributed by atoms with van der Waals surface area (Å²) in [5.74, 6) is -1.40. The van der Waals surface area contributed by atoms with Gasteiger partial charge in [-0.3, -0.25) is 4.79 Å². The van der Waals surface area contributed by atoms with E-state index in [9.17, 15) is 14.0 Å². The van der Waals surface area contributed by atoms with Crippen LogP contribution in [0.2, 0.25) is 15.1 Å². The minimum Gasteiger partial charge on any atom is -0.384 e. The van der Waals surface area contributed by atoms with Gasteiger partial charge in [-0.15, -0.1) is 0 Å². The molecule has 0 aromatic heterocycles. The summed E-state index contributed by atoms with van der Waals surface area (Å²) in [6, 6.07) is 12.4. The number of carbonyl (C=O) groups excluding carboxylic acids is 2. The van der Waals surface area contributed by atoms with E-state index >= 15 is 0 Å². The number of amides is 1. The third-order valence-electron chi connectivity index (χ3n) is 6.38. The number of benzene rings is 3. The van der Waals surface area contributed by atoms with Gasteiger partial charge in [0.2, 0.25) is 0 Å². The van der Waals surface area contributed by atoms with E-state index in [1.165, 1.54) is 12.1 Å². The van der Waals surface area contributed by atoms with Crippen molar-refractivity contribution in [3.8, 4) is 0 Å². The third-order valence-corrected chi connectivity index (χ3v) is 8.28. The van der Waals surface area contributed by atoms with E-state index in [2.05, 4.69) is 10.6 Å². The van der Waals surface area contributed by atoms with Crippen LogP contribution in [0.3, 0.4) is 0 Å². The Labute approximate surface area is 233 Å². The molecule has 1 fully saturated rings. The maximum Gasteiger partial charge on any atom is 0.257 e. The largest absolute Gasteiger partial charge is 0.384 e. The lowest BCUT2D eigenvalue weighted by Crippen LogP contribution is -2.23. The second-order valence-electron chi connectivity index (χ2n) is 8.83. The zero-order chi connectivity index (χ0) is 26.4. The average molecular weight is 589 g/mol. The van der Waals surface area contributed by atoms with E-state index in [0.29, 0.717) is 38.1 Å². The molecule has 0 spiro atoms. The molecule has 1 amide bonds. The number of anilines is 2. The van der Waals surface area contributed by atoms with Gasteiger partial charge in [-0.05, 0) is 79.1 Å². The maximum absolute atomic E-state index is 13.6. The lowest BCUT2D eigenvalue weighted by atomic mass is 10.00. The molecular weight excluding hydrogens is 569 g/mol. The standard InChI is InChI=1S/C26H20Cl5FN2O2/c1-13-5-18(32)6-14(2)22(13)34-24(36)20-10-19(3-4-21(20)29)33-11-25(12-35)23(26(25,30)31)15-7-16(27)9-17(28)8-15/h3-10,12,23,33H,11H2,1-2H3,(H,34,36). The van der Waals surface area contributed by atoms with Crippen molar-refractivity contribution in [2.45, 2.75) is 24.1 Å².